The Morgan fingerprint density at radius 2 is 1.69 bits per heavy atom. The van der Waals surface area contributed by atoms with Crippen molar-refractivity contribution in [2.24, 2.45) is 11.3 Å². The molecule has 2 saturated carbocycles. The number of carbonyl (C=O) groups excluding carboxylic acids is 1. The molecule has 2 aliphatic carbocycles. The van der Waals surface area contributed by atoms with E-state index in [1.807, 2.05) is 30.5 Å². The highest BCUT2D eigenvalue weighted by Crippen LogP contribution is 2.58. The van der Waals surface area contributed by atoms with Crippen LogP contribution in [0.25, 0.3) is 21.3 Å². The molecule has 1 spiro atoms. The Morgan fingerprint density at radius 3 is 2.37 bits per heavy atom. The van der Waals surface area contributed by atoms with Crippen molar-refractivity contribution in [2.75, 3.05) is 0 Å². The number of carboxylic acids is 1. The van der Waals surface area contributed by atoms with Gasteiger partial charge in [0.2, 0.25) is 0 Å². The summed E-state index contributed by atoms with van der Waals surface area (Å²) in [6.07, 6.45) is 5.16. The van der Waals surface area contributed by atoms with Crippen LogP contribution in [0.4, 0.5) is 0 Å². The van der Waals surface area contributed by atoms with Crippen LogP contribution in [-0.4, -0.2) is 27.6 Å². The zero-order valence-corrected chi connectivity index (χ0v) is 20.6. The molecule has 7 heteroatoms. The maximum Gasteiger partial charge on any atom is 0.306 e. The van der Waals surface area contributed by atoms with Gasteiger partial charge in [-0.3, -0.25) is 9.59 Å². The molecule has 2 N–H and O–H groups in total. The normalized spacial score (nSPS) is 23.1. The van der Waals surface area contributed by atoms with Crippen LogP contribution in [0.3, 0.4) is 0 Å². The molecule has 35 heavy (non-hydrogen) atoms. The number of nitrogens with one attached hydrogen (secondary N) is 1. The number of aromatic nitrogens is 1. The van der Waals surface area contributed by atoms with Gasteiger partial charge in [-0.25, -0.2) is 0 Å². The molecule has 0 aliphatic heterocycles. The van der Waals surface area contributed by atoms with E-state index in [1.165, 1.54) is 22.5 Å². The molecule has 0 saturated heterocycles. The standard InChI is InChI=1S/C28H25ClN2O3S/c29-25-23(26(32)30-21-14-28(15-21)12-20(13-28)27(33)34)24-22(35-25)10-11-31(24)16-17-6-8-19(9-7-17)18-4-2-1-3-5-18/h1-11,20-21H,12-16H2,(H,30,32)(H,33,34). The predicted molar refractivity (Wildman–Crippen MR) is 139 cm³/mol. The Hall–Kier alpha value is -3.09. The average molecular weight is 505 g/mol. The summed E-state index contributed by atoms with van der Waals surface area (Å²) in [5.74, 6) is -1.07. The number of fused-ring (bicyclic) bond motifs is 1. The topological polar surface area (TPSA) is 71.3 Å². The highest BCUT2D eigenvalue weighted by molar-refractivity contribution is 7.23. The van der Waals surface area contributed by atoms with Crippen molar-refractivity contribution >= 4 is 45.0 Å². The van der Waals surface area contributed by atoms with E-state index in [2.05, 4.69) is 46.3 Å². The van der Waals surface area contributed by atoms with Gasteiger partial charge < -0.3 is 15.0 Å². The molecule has 5 nitrogen and oxygen atoms in total. The van der Waals surface area contributed by atoms with E-state index in [0.29, 0.717) is 16.4 Å². The summed E-state index contributed by atoms with van der Waals surface area (Å²) in [5, 5.41) is 12.3. The third kappa shape index (κ3) is 4.05. The lowest BCUT2D eigenvalue weighted by atomic mass is 9.50. The number of benzene rings is 2. The van der Waals surface area contributed by atoms with E-state index in [9.17, 15) is 9.59 Å². The van der Waals surface area contributed by atoms with Crippen LogP contribution in [0.2, 0.25) is 4.34 Å². The Morgan fingerprint density at radius 1 is 1.00 bits per heavy atom. The van der Waals surface area contributed by atoms with Gasteiger partial charge in [0, 0.05) is 18.8 Å². The molecule has 2 heterocycles. The van der Waals surface area contributed by atoms with Crippen molar-refractivity contribution in [1.82, 2.24) is 9.88 Å². The van der Waals surface area contributed by atoms with Crippen molar-refractivity contribution in [3.8, 4) is 11.1 Å². The minimum Gasteiger partial charge on any atom is -0.481 e. The smallest absolute Gasteiger partial charge is 0.306 e. The largest absolute Gasteiger partial charge is 0.481 e. The summed E-state index contributed by atoms with van der Waals surface area (Å²) in [5.41, 5.74) is 5.02. The van der Waals surface area contributed by atoms with Crippen LogP contribution in [0.5, 0.6) is 0 Å². The minimum absolute atomic E-state index is 0.0807. The number of amides is 1. The molecule has 2 fully saturated rings. The van der Waals surface area contributed by atoms with Gasteiger partial charge in [0.15, 0.2) is 0 Å². The fourth-order valence-corrected chi connectivity index (χ4v) is 7.19. The molecule has 1 amide bonds. The maximum absolute atomic E-state index is 13.2. The highest BCUT2D eigenvalue weighted by Gasteiger charge is 2.55. The van der Waals surface area contributed by atoms with Crippen molar-refractivity contribution in [3.63, 3.8) is 0 Å². The van der Waals surface area contributed by atoms with Crippen LogP contribution in [0.1, 0.15) is 41.6 Å². The first-order valence-corrected chi connectivity index (χ1v) is 13.1. The molecule has 178 valence electrons. The highest BCUT2D eigenvalue weighted by atomic mass is 35.5. The van der Waals surface area contributed by atoms with E-state index in [4.69, 9.17) is 16.7 Å². The average Bonchev–Trinajstić information content (AvgIpc) is 3.33. The van der Waals surface area contributed by atoms with Gasteiger partial charge in [-0.15, -0.1) is 11.3 Å². The number of aliphatic carboxylic acids is 1. The van der Waals surface area contributed by atoms with Crippen LogP contribution in [0.15, 0.2) is 66.9 Å². The number of carbonyl (C=O) groups is 2. The lowest BCUT2D eigenvalue weighted by molar-refractivity contribution is -0.155. The monoisotopic (exact) mass is 504 g/mol. The number of rotatable bonds is 6. The molecule has 0 radical (unpaired) electrons. The number of hydrogen-bond donors (Lipinski definition) is 2. The SMILES string of the molecule is O=C(NC1CC2(C1)CC(C(=O)O)C2)c1c(Cl)sc2ccn(Cc3ccc(-c4ccccc4)cc3)c12. The van der Waals surface area contributed by atoms with E-state index < -0.39 is 5.97 Å². The zero-order valence-electron chi connectivity index (χ0n) is 19.0. The zero-order chi connectivity index (χ0) is 24.2. The molecule has 0 unspecified atom stereocenters. The number of hydrogen-bond acceptors (Lipinski definition) is 3. The number of halogens is 1. The van der Waals surface area contributed by atoms with Gasteiger partial charge >= 0.3 is 5.97 Å². The van der Waals surface area contributed by atoms with Crippen molar-refractivity contribution in [3.05, 3.63) is 82.3 Å². The van der Waals surface area contributed by atoms with Crippen LogP contribution in [-0.2, 0) is 11.3 Å². The quantitative estimate of drug-likeness (QED) is 0.317. The fourth-order valence-electron chi connectivity index (χ4n) is 5.84. The van der Waals surface area contributed by atoms with Gasteiger partial charge in [-0.1, -0.05) is 66.2 Å². The number of thiophene rings is 1. The van der Waals surface area contributed by atoms with Gasteiger partial charge in [-0.2, -0.15) is 0 Å². The molecular formula is C28H25ClN2O3S. The first kappa shape index (κ1) is 22.4. The number of carboxylic acid groups (broad SMARTS) is 1. The molecule has 4 aromatic rings. The molecular weight excluding hydrogens is 480 g/mol. The van der Waals surface area contributed by atoms with Gasteiger partial charge in [0.1, 0.15) is 4.34 Å². The van der Waals surface area contributed by atoms with Crippen molar-refractivity contribution in [1.29, 1.82) is 0 Å². The van der Waals surface area contributed by atoms with Gasteiger partial charge in [-0.05, 0) is 53.9 Å². The molecule has 6 rings (SSSR count). The van der Waals surface area contributed by atoms with E-state index in [1.54, 1.807) is 0 Å². The third-order valence-electron chi connectivity index (χ3n) is 7.60. The fraction of sp³-hybridized carbons (Fsp3) is 0.286. The molecule has 2 aromatic heterocycles. The maximum atomic E-state index is 13.2. The van der Waals surface area contributed by atoms with Crippen molar-refractivity contribution in [2.45, 2.75) is 38.3 Å². The Labute approximate surface area is 212 Å². The van der Waals surface area contributed by atoms with Gasteiger partial charge in [0.25, 0.3) is 5.91 Å². The first-order chi connectivity index (χ1) is 16.9. The molecule has 0 atom stereocenters. The van der Waals surface area contributed by atoms with E-state index in [0.717, 1.165) is 41.5 Å². The summed E-state index contributed by atoms with van der Waals surface area (Å²) in [4.78, 5) is 24.4. The summed E-state index contributed by atoms with van der Waals surface area (Å²) in [6.45, 7) is 0.648. The molecule has 2 aromatic carbocycles. The minimum atomic E-state index is -0.703. The lowest BCUT2D eigenvalue weighted by Crippen LogP contribution is -2.57. The predicted octanol–water partition coefficient (Wildman–Crippen LogP) is 6.44. The summed E-state index contributed by atoms with van der Waals surface area (Å²) in [6, 6.07) is 20.9. The Kier molecular flexibility index (Phi) is 5.46. The van der Waals surface area contributed by atoms with E-state index >= 15 is 0 Å². The second-order valence-electron chi connectivity index (χ2n) is 9.99. The second-order valence-corrected chi connectivity index (χ2v) is 11.6. The Bertz CT molecular complexity index is 1410. The molecule has 2 aliphatic rings. The van der Waals surface area contributed by atoms with Crippen LogP contribution >= 0.6 is 22.9 Å². The van der Waals surface area contributed by atoms with Crippen LogP contribution < -0.4 is 5.32 Å². The Balaban J connectivity index is 1.17. The second kappa shape index (κ2) is 8.54. The lowest BCUT2D eigenvalue weighted by Gasteiger charge is -2.56. The first-order valence-electron chi connectivity index (χ1n) is 11.9. The summed E-state index contributed by atoms with van der Waals surface area (Å²) < 4.78 is 3.59. The third-order valence-corrected chi connectivity index (χ3v) is 8.96. The van der Waals surface area contributed by atoms with E-state index in [-0.39, 0.29) is 23.3 Å². The van der Waals surface area contributed by atoms with Crippen LogP contribution in [0, 0.1) is 11.3 Å². The summed E-state index contributed by atoms with van der Waals surface area (Å²) >= 11 is 7.97. The molecule has 0 bridgehead atoms. The van der Waals surface area contributed by atoms with Crippen molar-refractivity contribution < 1.29 is 14.7 Å². The van der Waals surface area contributed by atoms with Gasteiger partial charge in [0.05, 0.1) is 21.7 Å². The number of nitrogens with zero attached hydrogens (tertiary/aromatic N) is 1. The summed E-state index contributed by atoms with van der Waals surface area (Å²) in [7, 11) is 0.